The van der Waals surface area contributed by atoms with Crippen molar-refractivity contribution in [3.63, 3.8) is 0 Å². The van der Waals surface area contributed by atoms with Gasteiger partial charge in [-0.3, -0.25) is 9.59 Å². The molecule has 0 unspecified atom stereocenters. The minimum atomic E-state index is -0.487. The van der Waals surface area contributed by atoms with E-state index in [4.69, 9.17) is 4.74 Å². The highest BCUT2D eigenvalue weighted by Gasteiger charge is 2.20. The number of esters is 1. The molecule has 3 rings (SSSR count). The van der Waals surface area contributed by atoms with Gasteiger partial charge in [0, 0.05) is 5.56 Å². The maximum absolute atomic E-state index is 12.7. The molecule has 144 valence electrons. The van der Waals surface area contributed by atoms with Gasteiger partial charge in [0.25, 0.3) is 5.91 Å². The van der Waals surface area contributed by atoms with Crippen LogP contribution in [0.3, 0.4) is 0 Å². The summed E-state index contributed by atoms with van der Waals surface area (Å²) in [5, 5.41) is 13.9. The van der Waals surface area contributed by atoms with Gasteiger partial charge in [0.2, 0.25) is 0 Å². The molecule has 0 aliphatic carbocycles. The van der Waals surface area contributed by atoms with Gasteiger partial charge in [-0.1, -0.05) is 30.3 Å². The number of carbonyl (C=O) groups is 2. The molecular formula is C20H21N5O3. The zero-order valence-corrected chi connectivity index (χ0v) is 15.6. The first kappa shape index (κ1) is 19.2. The molecule has 8 heteroatoms. The van der Waals surface area contributed by atoms with Crippen molar-refractivity contribution in [2.45, 2.75) is 32.4 Å². The molecule has 1 aromatic heterocycles. The van der Waals surface area contributed by atoms with Crippen molar-refractivity contribution in [2.24, 2.45) is 0 Å². The van der Waals surface area contributed by atoms with Crippen LogP contribution in [-0.4, -0.2) is 38.2 Å². The molecule has 1 amide bonds. The summed E-state index contributed by atoms with van der Waals surface area (Å²) in [5.41, 5.74) is 2.04. The molecule has 1 N–H and O–H groups in total. The average Bonchev–Trinajstić information content (AvgIpc) is 3.22. The third kappa shape index (κ3) is 5.00. The second-order valence-corrected chi connectivity index (χ2v) is 6.48. The maximum Gasteiger partial charge on any atom is 0.308 e. The van der Waals surface area contributed by atoms with E-state index in [2.05, 4.69) is 20.8 Å². The van der Waals surface area contributed by atoms with E-state index in [1.807, 2.05) is 30.3 Å². The molecule has 28 heavy (non-hydrogen) atoms. The molecule has 0 aliphatic rings. The number of amides is 1. The van der Waals surface area contributed by atoms with Crippen molar-refractivity contribution in [3.8, 4) is 5.69 Å². The van der Waals surface area contributed by atoms with Crippen LogP contribution in [0.4, 0.5) is 0 Å². The molecule has 0 saturated heterocycles. The first-order valence-corrected chi connectivity index (χ1v) is 8.91. The lowest BCUT2D eigenvalue weighted by Crippen LogP contribution is -2.31. The lowest BCUT2D eigenvalue weighted by molar-refractivity contribution is -0.147. The Morgan fingerprint density at radius 3 is 2.39 bits per heavy atom. The number of ether oxygens (including phenoxy) is 1. The summed E-state index contributed by atoms with van der Waals surface area (Å²) in [6.45, 7) is 3.58. The van der Waals surface area contributed by atoms with Crippen LogP contribution in [0, 0.1) is 0 Å². The fourth-order valence-corrected chi connectivity index (χ4v) is 2.70. The molecule has 1 heterocycles. The number of hydrogen-bond donors (Lipinski definition) is 1. The lowest BCUT2D eigenvalue weighted by Gasteiger charge is -2.19. The number of aromatic nitrogens is 4. The molecule has 0 spiro atoms. The van der Waals surface area contributed by atoms with E-state index in [1.165, 1.54) is 11.0 Å². The van der Waals surface area contributed by atoms with Crippen LogP contribution < -0.4 is 5.32 Å². The van der Waals surface area contributed by atoms with Gasteiger partial charge in [-0.2, -0.15) is 0 Å². The second kappa shape index (κ2) is 8.90. The Hall–Kier alpha value is -3.55. The quantitative estimate of drug-likeness (QED) is 0.633. The molecule has 0 radical (unpaired) electrons. The monoisotopic (exact) mass is 379 g/mol. The first-order chi connectivity index (χ1) is 13.5. The summed E-state index contributed by atoms with van der Waals surface area (Å²) < 4.78 is 6.73. The van der Waals surface area contributed by atoms with E-state index in [0.717, 1.165) is 11.3 Å². The predicted octanol–water partition coefficient (Wildman–Crippen LogP) is 2.48. The minimum absolute atomic E-state index is 0.0522. The number of hydrogen-bond acceptors (Lipinski definition) is 6. The highest BCUT2D eigenvalue weighted by molar-refractivity contribution is 5.94. The molecule has 0 fully saturated rings. The number of carbonyl (C=O) groups excluding carboxylic acids is 2. The van der Waals surface area contributed by atoms with Crippen molar-refractivity contribution in [2.75, 3.05) is 0 Å². The summed E-state index contributed by atoms with van der Waals surface area (Å²) in [4.78, 5) is 24.9. The highest BCUT2D eigenvalue weighted by atomic mass is 16.5. The van der Waals surface area contributed by atoms with Gasteiger partial charge in [0.05, 0.1) is 24.3 Å². The van der Waals surface area contributed by atoms with Gasteiger partial charge < -0.3 is 10.1 Å². The fraction of sp³-hybridized carbons (Fsp3) is 0.250. The number of tetrazole rings is 1. The van der Waals surface area contributed by atoms with Gasteiger partial charge in [-0.15, -0.1) is 5.10 Å². The van der Waals surface area contributed by atoms with Crippen molar-refractivity contribution in [1.29, 1.82) is 0 Å². The highest BCUT2D eigenvalue weighted by Crippen LogP contribution is 2.19. The molecule has 0 saturated carbocycles. The summed E-state index contributed by atoms with van der Waals surface area (Å²) >= 11 is 0. The number of nitrogens with one attached hydrogen (secondary N) is 1. The standard InChI is InChI=1S/C20H21N5O3/c1-14(2)28-19(26)12-18(15-6-4-3-5-7-15)22-20(27)16-8-10-17(11-9-16)25-13-21-23-24-25/h3-11,13-14,18H,12H2,1-2H3,(H,22,27)/t18-/m0/s1. The Kier molecular flexibility index (Phi) is 6.11. The van der Waals surface area contributed by atoms with Crippen molar-refractivity contribution >= 4 is 11.9 Å². The van der Waals surface area contributed by atoms with Crippen LogP contribution in [0.5, 0.6) is 0 Å². The van der Waals surface area contributed by atoms with Gasteiger partial charge >= 0.3 is 5.97 Å². The number of benzene rings is 2. The van der Waals surface area contributed by atoms with E-state index >= 15 is 0 Å². The van der Waals surface area contributed by atoms with Crippen LogP contribution in [0.1, 0.15) is 42.2 Å². The Labute approximate surface area is 162 Å². The molecule has 2 aromatic carbocycles. The molecule has 3 aromatic rings. The van der Waals surface area contributed by atoms with Crippen molar-refractivity contribution in [3.05, 3.63) is 72.1 Å². The molecule has 0 aliphatic heterocycles. The first-order valence-electron chi connectivity index (χ1n) is 8.91. The van der Waals surface area contributed by atoms with Gasteiger partial charge in [0.1, 0.15) is 6.33 Å². The Morgan fingerprint density at radius 1 is 1.07 bits per heavy atom. The van der Waals surface area contributed by atoms with Crippen LogP contribution in [-0.2, 0) is 9.53 Å². The zero-order valence-electron chi connectivity index (χ0n) is 15.6. The van der Waals surface area contributed by atoms with Gasteiger partial charge in [-0.05, 0) is 54.1 Å². The van der Waals surface area contributed by atoms with Crippen molar-refractivity contribution < 1.29 is 14.3 Å². The molecular weight excluding hydrogens is 358 g/mol. The van der Waals surface area contributed by atoms with Crippen LogP contribution in [0.2, 0.25) is 0 Å². The Balaban J connectivity index is 1.74. The zero-order chi connectivity index (χ0) is 19.9. The van der Waals surface area contributed by atoms with Crippen LogP contribution in [0.25, 0.3) is 5.69 Å². The molecule has 1 atom stereocenters. The summed E-state index contributed by atoms with van der Waals surface area (Å²) in [5.74, 6) is -0.646. The smallest absolute Gasteiger partial charge is 0.308 e. The van der Waals surface area contributed by atoms with E-state index in [9.17, 15) is 9.59 Å². The Bertz CT molecular complexity index is 909. The van der Waals surface area contributed by atoms with Gasteiger partial charge in [0.15, 0.2) is 0 Å². The fourth-order valence-electron chi connectivity index (χ4n) is 2.70. The molecule has 0 bridgehead atoms. The van der Waals surface area contributed by atoms with Crippen molar-refractivity contribution in [1.82, 2.24) is 25.5 Å². The minimum Gasteiger partial charge on any atom is -0.463 e. The van der Waals surface area contributed by atoms with E-state index in [0.29, 0.717) is 5.56 Å². The van der Waals surface area contributed by atoms with E-state index in [-0.39, 0.29) is 24.4 Å². The average molecular weight is 379 g/mol. The summed E-state index contributed by atoms with van der Waals surface area (Å²) in [6, 6.07) is 15.7. The summed E-state index contributed by atoms with van der Waals surface area (Å²) in [6.07, 6.45) is 1.32. The second-order valence-electron chi connectivity index (χ2n) is 6.48. The van der Waals surface area contributed by atoms with Gasteiger partial charge in [-0.25, -0.2) is 4.68 Å². The number of rotatable bonds is 7. The maximum atomic E-state index is 12.7. The lowest BCUT2D eigenvalue weighted by atomic mass is 10.0. The summed E-state index contributed by atoms with van der Waals surface area (Å²) in [7, 11) is 0. The third-order valence-electron chi connectivity index (χ3n) is 3.99. The molecule has 8 nitrogen and oxygen atoms in total. The SMILES string of the molecule is CC(C)OC(=O)C[C@H](NC(=O)c1ccc(-n2cnnn2)cc1)c1ccccc1. The normalized spacial score (nSPS) is 11.8. The Morgan fingerprint density at radius 2 is 1.79 bits per heavy atom. The van der Waals surface area contributed by atoms with Crippen LogP contribution in [0.15, 0.2) is 60.9 Å². The van der Waals surface area contributed by atoms with E-state index in [1.54, 1.807) is 38.1 Å². The van der Waals surface area contributed by atoms with Crippen LogP contribution >= 0.6 is 0 Å². The largest absolute Gasteiger partial charge is 0.463 e. The topological polar surface area (TPSA) is 99.0 Å². The third-order valence-corrected chi connectivity index (χ3v) is 3.99. The van der Waals surface area contributed by atoms with E-state index < -0.39 is 6.04 Å². The number of nitrogens with zero attached hydrogens (tertiary/aromatic N) is 4. The predicted molar refractivity (Wildman–Crippen MR) is 102 cm³/mol.